The zero-order chi connectivity index (χ0) is 20.4. The summed E-state index contributed by atoms with van der Waals surface area (Å²) in [5.41, 5.74) is 6.05. The van der Waals surface area contributed by atoms with Crippen LogP contribution in [-0.4, -0.2) is 22.0 Å². The second kappa shape index (κ2) is 8.04. The molecular formula is C21H28N4O3. The number of amides is 1. The van der Waals surface area contributed by atoms with Crippen molar-refractivity contribution < 1.29 is 4.79 Å². The summed E-state index contributed by atoms with van der Waals surface area (Å²) in [5.74, 6) is 0.533. The van der Waals surface area contributed by atoms with E-state index in [9.17, 15) is 14.4 Å². The Morgan fingerprint density at radius 3 is 2.50 bits per heavy atom. The Balaban J connectivity index is 2.03. The summed E-state index contributed by atoms with van der Waals surface area (Å²) >= 11 is 0. The number of hydrogen-bond donors (Lipinski definition) is 2. The molecule has 28 heavy (non-hydrogen) atoms. The van der Waals surface area contributed by atoms with E-state index in [4.69, 9.17) is 5.73 Å². The topological polar surface area (TPSA) is 101 Å². The third-order valence-electron chi connectivity index (χ3n) is 5.29. The summed E-state index contributed by atoms with van der Waals surface area (Å²) in [6.07, 6.45) is 1.56. The molecule has 3 rings (SSSR count). The SMILES string of the molecule is CC(C)CCN(C(=O)C1CC1C)c1c(N)n(Cc2ccccc2)c(=O)[nH]c1=O. The van der Waals surface area contributed by atoms with Crippen molar-refractivity contribution in [2.45, 2.75) is 40.2 Å². The lowest BCUT2D eigenvalue weighted by atomic mass is 10.1. The van der Waals surface area contributed by atoms with Crippen molar-refractivity contribution in [3.05, 3.63) is 56.7 Å². The molecule has 0 saturated heterocycles. The van der Waals surface area contributed by atoms with E-state index in [-0.39, 0.29) is 29.9 Å². The van der Waals surface area contributed by atoms with E-state index >= 15 is 0 Å². The number of benzene rings is 1. The van der Waals surface area contributed by atoms with Crippen molar-refractivity contribution in [1.29, 1.82) is 0 Å². The normalized spacial score (nSPS) is 18.3. The highest BCUT2D eigenvalue weighted by Gasteiger charge is 2.42. The molecule has 0 spiro atoms. The lowest BCUT2D eigenvalue weighted by Gasteiger charge is -2.25. The first-order chi connectivity index (χ1) is 13.3. The standard InChI is InChI=1S/C21H28N4O3/c1-13(2)9-10-24(20(27)16-11-14(16)3)17-18(22)25(21(28)23-19(17)26)12-15-7-5-4-6-8-15/h4-8,13-14,16H,9-12,22H2,1-3H3,(H,23,26,28). The highest BCUT2D eigenvalue weighted by molar-refractivity contribution is 5.98. The number of H-pyrrole nitrogens is 1. The number of hydrogen-bond acceptors (Lipinski definition) is 4. The van der Waals surface area contributed by atoms with Crippen molar-refractivity contribution in [2.75, 3.05) is 17.2 Å². The average molecular weight is 384 g/mol. The largest absolute Gasteiger partial charge is 0.383 e. The van der Waals surface area contributed by atoms with Crippen LogP contribution in [0.3, 0.4) is 0 Å². The van der Waals surface area contributed by atoms with Crippen molar-refractivity contribution in [1.82, 2.24) is 9.55 Å². The predicted molar refractivity (Wildman–Crippen MR) is 110 cm³/mol. The van der Waals surface area contributed by atoms with E-state index in [0.29, 0.717) is 18.4 Å². The lowest BCUT2D eigenvalue weighted by molar-refractivity contribution is -0.120. The number of carbonyl (C=O) groups is 1. The predicted octanol–water partition coefficient (Wildman–Crippen LogP) is 2.20. The van der Waals surface area contributed by atoms with E-state index < -0.39 is 11.2 Å². The second-order valence-electron chi connectivity index (χ2n) is 8.06. The van der Waals surface area contributed by atoms with Gasteiger partial charge in [-0.05, 0) is 30.2 Å². The molecule has 2 unspecified atom stereocenters. The van der Waals surface area contributed by atoms with Crippen molar-refractivity contribution >= 4 is 17.4 Å². The number of aromatic nitrogens is 2. The Kier molecular flexibility index (Phi) is 5.72. The minimum absolute atomic E-state index is 0.0306. The van der Waals surface area contributed by atoms with Crippen LogP contribution in [0.15, 0.2) is 39.9 Å². The second-order valence-corrected chi connectivity index (χ2v) is 8.06. The number of nitrogens with one attached hydrogen (secondary N) is 1. The van der Waals surface area contributed by atoms with Crippen LogP contribution >= 0.6 is 0 Å². The third-order valence-corrected chi connectivity index (χ3v) is 5.29. The molecular weight excluding hydrogens is 356 g/mol. The van der Waals surface area contributed by atoms with Gasteiger partial charge in [0.05, 0.1) is 6.54 Å². The van der Waals surface area contributed by atoms with Gasteiger partial charge in [-0.3, -0.25) is 19.1 Å². The molecule has 1 aromatic heterocycles. The highest BCUT2D eigenvalue weighted by atomic mass is 16.2. The van der Waals surface area contributed by atoms with E-state index in [2.05, 4.69) is 18.8 Å². The molecule has 1 aliphatic rings. The van der Waals surface area contributed by atoms with Gasteiger partial charge in [0.15, 0.2) is 5.69 Å². The summed E-state index contributed by atoms with van der Waals surface area (Å²) in [7, 11) is 0. The van der Waals surface area contributed by atoms with Crippen LogP contribution in [0.25, 0.3) is 0 Å². The summed E-state index contributed by atoms with van der Waals surface area (Å²) in [4.78, 5) is 41.9. The van der Waals surface area contributed by atoms with Gasteiger partial charge in [-0.15, -0.1) is 0 Å². The number of nitrogen functional groups attached to an aromatic ring is 1. The van der Waals surface area contributed by atoms with E-state index in [1.807, 2.05) is 37.3 Å². The first-order valence-corrected chi connectivity index (χ1v) is 9.77. The molecule has 2 atom stereocenters. The number of anilines is 2. The molecule has 1 heterocycles. The Morgan fingerprint density at radius 1 is 1.29 bits per heavy atom. The van der Waals surface area contributed by atoms with Gasteiger partial charge in [-0.1, -0.05) is 51.1 Å². The summed E-state index contributed by atoms with van der Waals surface area (Å²) in [6.45, 7) is 6.77. The van der Waals surface area contributed by atoms with Crippen LogP contribution in [0.1, 0.15) is 39.2 Å². The van der Waals surface area contributed by atoms with Gasteiger partial charge in [0.1, 0.15) is 5.82 Å². The number of rotatable bonds is 7. The molecule has 0 bridgehead atoms. The minimum atomic E-state index is -0.614. The van der Waals surface area contributed by atoms with Gasteiger partial charge >= 0.3 is 5.69 Å². The fourth-order valence-electron chi connectivity index (χ4n) is 3.35. The number of aromatic amines is 1. The molecule has 2 aromatic rings. The molecule has 1 saturated carbocycles. The van der Waals surface area contributed by atoms with Gasteiger partial charge in [0.25, 0.3) is 5.56 Å². The highest BCUT2D eigenvalue weighted by Crippen LogP contribution is 2.40. The Hall–Kier alpha value is -2.83. The van der Waals surface area contributed by atoms with Gasteiger partial charge in [0, 0.05) is 12.5 Å². The molecule has 1 fully saturated rings. The first kappa shape index (κ1) is 19.9. The number of nitrogens with zero attached hydrogens (tertiary/aromatic N) is 2. The van der Waals surface area contributed by atoms with Crippen LogP contribution in [0.2, 0.25) is 0 Å². The first-order valence-electron chi connectivity index (χ1n) is 9.77. The Morgan fingerprint density at radius 2 is 1.93 bits per heavy atom. The molecule has 1 amide bonds. The summed E-state index contributed by atoms with van der Waals surface area (Å²) < 4.78 is 1.32. The lowest BCUT2D eigenvalue weighted by Crippen LogP contribution is -2.42. The maximum atomic E-state index is 13.0. The third kappa shape index (κ3) is 4.18. The monoisotopic (exact) mass is 384 g/mol. The van der Waals surface area contributed by atoms with Crippen molar-refractivity contribution in [3.8, 4) is 0 Å². The molecule has 3 N–H and O–H groups in total. The van der Waals surface area contributed by atoms with Gasteiger partial charge in [-0.2, -0.15) is 0 Å². The maximum Gasteiger partial charge on any atom is 0.330 e. The van der Waals surface area contributed by atoms with E-state index in [1.165, 1.54) is 9.47 Å². The molecule has 0 aliphatic heterocycles. The molecule has 7 heteroatoms. The molecule has 7 nitrogen and oxygen atoms in total. The number of nitrogens with two attached hydrogens (primary N) is 1. The van der Waals surface area contributed by atoms with Crippen LogP contribution < -0.4 is 21.9 Å². The van der Waals surface area contributed by atoms with Crippen molar-refractivity contribution in [2.24, 2.45) is 17.8 Å². The van der Waals surface area contributed by atoms with Crippen LogP contribution in [0.4, 0.5) is 11.5 Å². The minimum Gasteiger partial charge on any atom is -0.383 e. The van der Waals surface area contributed by atoms with E-state index in [1.54, 1.807) is 0 Å². The van der Waals surface area contributed by atoms with Crippen LogP contribution in [0, 0.1) is 17.8 Å². The quantitative estimate of drug-likeness (QED) is 0.764. The van der Waals surface area contributed by atoms with Gasteiger partial charge in [-0.25, -0.2) is 4.79 Å². The maximum absolute atomic E-state index is 13.0. The van der Waals surface area contributed by atoms with Gasteiger partial charge < -0.3 is 10.6 Å². The van der Waals surface area contributed by atoms with Gasteiger partial charge in [0.2, 0.25) is 5.91 Å². The zero-order valence-corrected chi connectivity index (χ0v) is 16.6. The molecule has 1 aromatic carbocycles. The Bertz CT molecular complexity index is 962. The fourth-order valence-corrected chi connectivity index (χ4v) is 3.35. The van der Waals surface area contributed by atoms with Crippen molar-refractivity contribution in [3.63, 3.8) is 0 Å². The number of carbonyl (C=O) groups excluding carboxylic acids is 1. The fraction of sp³-hybridized carbons (Fsp3) is 0.476. The summed E-state index contributed by atoms with van der Waals surface area (Å²) in [6, 6.07) is 9.39. The van der Waals surface area contributed by atoms with Crippen LogP contribution in [0.5, 0.6) is 0 Å². The van der Waals surface area contributed by atoms with E-state index in [0.717, 1.165) is 18.4 Å². The molecule has 0 radical (unpaired) electrons. The molecule has 150 valence electrons. The van der Waals surface area contributed by atoms with Crippen LogP contribution in [-0.2, 0) is 11.3 Å². The summed E-state index contributed by atoms with van der Waals surface area (Å²) in [5, 5.41) is 0. The Labute approximate surface area is 164 Å². The smallest absolute Gasteiger partial charge is 0.330 e. The zero-order valence-electron chi connectivity index (χ0n) is 16.6. The average Bonchev–Trinajstić information content (AvgIpc) is 3.38. The molecule has 1 aliphatic carbocycles.